The van der Waals surface area contributed by atoms with Crippen LogP contribution < -0.4 is 9.80 Å². The predicted molar refractivity (Wildman–Crippen MR) is 386 cm³/mol. The molecule has 434 valence electrons. The second kappa shape index (κ2) is 20.1. The summed E-state index contributed by atoms with van der Waals surface area (Å²) >= 11 is 0. The summed E-state index contributed by atoms with van der Waals surface area (Å²) in [6.45, 7) is 15.5. The zero-order valence-corrected chi connectivity index (χ0v) is 51.3. The van der Waals surface area contributed by atoms with E-state index in [0.29, 0.717) is 5.92 Å². The summed E-state index contributed by atoms with van der Waals surface area (Å²) in [5, 5.41) is 12.9. The Labute approximate surface area is 526 Å². The molecule has 0 bridgehead atoms. The molecule has 0 aliphatic rings. The molecule has 6 aromatic heterocycles. The van der Waals surface area contributed by atoms with Gasteiger partial charge in [-0.2, -0.15) is 0 Å². The van der Waals surface area contributed by atoms with Crippen LogP contribution in [0.3, 0.4) is 0 Å². The highest BCUT2D eigenvalue weighted by Gasteiger charge is 2.32. The van der Waals surface area contributed by atoms with Crippen molar-refractivity contribution in [3.05, 3.63) is 278 Å². The van der Waals surface area contributed by atoms with E-state index < -0.39 is 0 Å². The summed E-state index contributed by atoms with van der Waals surface area (Å²) in [6, 6.07) is 91.5. The van der Waals surface area contributed by atoms with Crippen LogP contribution in [0.1, 0.15) is 57.4 Å². The molecule has 0 amide bonds. The summed E-state index contributed by atoms with van der Waals surface area (Å²) in [4.78, 5) is 4.76. The van der Waals surface area contributed by atoms with Crippen LogP contribution in [0.5, 0.6) is 0 Å². The SMILES string of the molecule is C=C(c1oc2c(N(c3ccccc3)c3ccc4c5cccc6c7c(-c8ccccc8)c8c(c(-c9ccccc9)c7n(c4c3)c56)c3cccc4c5ccc(N(c6ccccc6)c6cccc7c6oc6c(C(C)C)cccc67)cc5n8c43)cccc2c1/C=C\C)C(C)C. The number of hydrogen-bond donors (Lipinski definition) is 0. The first-order valence-corrected chi connectivity index (χ1v) is 31.8. The Hall–Kier alpha value is -11.3. The minimum atomic E-state index is 0.199. The lowest BCUT2D eigenvalue weighted by Gasteiger charge is -2.25. The Morgan fingerprint density at radius 1 is 0.396 bits per heavy atom. The van der Waals surface area contributed by atoms with Gasteiger partial charge in [0.25, 0.3) is 0 Å². The van der Waals surface area contributed by atoms with E-state index in [2.05, 4.69) is 321 Å². The molecule has 6 nitrogen and oxygen atoms in total. The van der Waals surface area contributed by atoms with Gasteiger partial charge in [-0.25, -0.2) is 0 Å². The Morgan fingerprint density at radius 2 is 0.824 bits per heavy atom. The maximum absolute atomic E-state index is 7.11. The van der Waals surface area contributed by atoms with Gasteiger partial charge in [-0.15, -0.1) is 0 Å². The van der Waals surface area contributed by atoms with Crippen LogP contribution >= 0.6 is 0 Å². The molecule has 0 N–H and O–H groups in total. The monoisotopic (exact) mass is 1170 g/mol. The third-order valence-corrected chi connectivity index (χ3v) is 19.3. The van der Waals surface area contributed by atoms with E-state index in [1.54, 1.807) is 0 Å². The molecule has 18 rings (SSSR count). The maximum Gasteiger partial charge on any atom is 0.159 e. The topological polar surface area (TPSA) is 41.6 Å². The third kappa shape index (κ3) is 7.54. The third-order valence-electron chi connectivity index (χ3n) is 19.3. The van der Waals surface area contributed by atoms with Crippen LogP contribution in [-0.4, -0.2) is 8.80 Å². The first kappa shape index (κ1) is 52.8. The smallest absolute Gasteiger partial charge is 0.159 e. The van der Waals surface area contributed by atoms with Crippen molar-refractivity contribution in [3.8, 4) is 22.3 Å². The van der Waals surface area contributed by atoms with Crippen molar-refractivity contribution in [3.63, 3.8) is 0 Å². The Bertz CT molecular complexity index is 5980. The van der Waals surface area contributed by atoms with Gasteiger partial charge in [-0.3, -0.25) is 0 Å². The van der Waals surface area contributed by atoms with Crippen LogP contribution in [0.4, 0.5) is 34.1 Å². The van der Waals surface area contributed by atoms with E-state index in [0.717, 1.165) is 106 Å². The molecule has 91 heavy (non-hydrogen) atoms. The number of nitrogens with zero attached hydrogens (tertiary/aromatic N) is 4. The number of anilines is 6. The normalized spacial score (nSPS) is 12.4. The molecular weight excluding hydrogens is 1110 g/mol. The maximum atomic E-state index is 7.11. The van der Waals surface area contributed by atoms with Crippen LogP contribution in [0, 0.1) is 5.92 Å². The van der Waals surface area contributed by atoms with Crippen molar-refractivity contribution in [1.82, 2.24) is 8.80 Å². The van der Waals surface area contributed by atoms with Crippen LogP contribution in [0.2, 0.25) is 0 Å². The molecule has 0 aliphatic carbocycles. The largest absolute Gasteiger partial charge is 0.454 e. The first-order valence-electron chi connectivity index (χ1n) is 31.8. The number of furan rings is 2. The van der Waals surface area contributed by atoms with E-state index in [9.17, 15) is 0 Å². The van der Waals surface area contributed by atoms with E-state index in [1.165, 1.54) is 81.8 Å². The van der Waals surface area contributed by atoms with Crippen molar-refractivity contribution in [1.29, 1.82) is 0 Å². The lowest BCUT2D eigenvalue weighted by Crippen LogP contribution is -2.10. The fourth-order valence-corrected chi connectivity index (χ4v) is 15.3. The highest BCUT2D eigenvalue weighted by atomic mass is 16.3. The molecule has 0 aliphatic heterocycles. The molecular formula is C85H62N4O2. The molecule has 0 saturated carbocycles. The van der Waals surface area contributed by atoms with Gasteiger partial charge >= 0.3 is 0 Å². The fourth-order valence-electron chi connectivity index (χ4n) is 15.3. The highest BCUT2D eigenvalue weighted by molar-refractivity contribution is 6.38. The summed E-state index contributed by atoms with van der Waals surface area (Å²) < 4.78 is 19.4. The number of rotatable bonds is 12. The van der Waals surface area contributed by atoms with E-state index in [1.807, 2.05) is 0 Å². The van der Waals surface area contributed by atoms with E-state index in [4.69, 9.17) is 8.83 Å². The van der Waals surface area contributed by atoms with Gasteiger partial charge in [-0.1, -0.05) is 234 Å². The molecule has 6 heteroatoms. The minimum Gasteiger partial charge on any atom is -0.454 e. The number of hydrogen-bond acceptors (Lipinski definition) is 4. The van der Waals surface area contributed by atoms with Crippen molar-refractivity contribution >= 4 is 155 Å². The number of fused-ring (bicyclic) bond motifs is 16. The Balaban J connectivity index is 0.964. The Morgan fingerprint density at radius 3 is 1.31 bits per heavy atom. The highest BCUT2D eigenvalue weighted by Crippen LogP contribution is 2.56. The lowest BCUT2D eigenvalue weighted by atomic mass is 9.89. The molecule has 0 atom stereocenters. The number of benzene rings is 12. The summed E-state index contributed by atoms with van der Waals surface area (Å²) in [5.74, 6) is 1.32. The van der Waals surface area contributed by atoms with Crippen LogP contribution in [-0.2, 0) is 0 Å². The predicted octanol–water partition coefficient (Wildman–Crippen LogP) is 24.7. The van der Waals surface area contributed by atoms with Crippen molar-refractivity contribution in [2.45, 2.75) is 40.5 Å². The zero-order chi connectivity index (χ0) is 60.9. The van der Waals surface area contributed by atoms with Gasteiger partial charge in [0.2, 0.25) is 0 Å². The average molecular weight is 1170 g/mol. The van der Waals surface area contributed by atoms with Crippen molar-refractivity contribution in [2.75, 3.05) is 9.80 Å². The fraction of sp³-hybridized carbons (Fsp3) is 0.0824. The lowest BCUT2D eigenvalue weighted by molar-refractivity contribution is 0.588. The van der Waals surface area contributed by atoms with Crippen molar-refractivity contribution < 1.29 is 8.83 Å². The number of aromatic nitrogens is 2. The number of allylic oxidation sites excluding steroid dienone is 2. The molecule has 12 aromatic carbocycles. The van der Waals surface area contributed by atoms with Crippen molar-refractivity contribution in [2.24, 2.45) is 5.92 Å². The standard InChI is InChI=1S/C85H62N4O2/c1-7-25-64-66-38-23-42-70(84(66)90-82(64)52(6)50(2)3)86(55-30-16-10-17-31-55)57-44-46-60-62-35-21-40-68-76-75(54-28-14-9-15-29-54)81-77(74(53-26-12-8-13-27-53)80(76)88(78(62)68)72(60)48-57)69-41-22-36-63-61-47-45-58(49-73(61)89(81)79(63)69)87(56-32-18-11-19-33-56)71-43-24-39-67-65-37-20-34-59(51(4)5)83(65)91-85(67)71/h7-51H,6H2,1-5H3/b25-7-. The molecule has 0 spiro atoms. The minimum absolute atomic E-state index is 0.199. The second-order valence-corrected chi connectivity index (χ2v) is 25.1. The second-order valence-electron chi connectivity index (χ2n) is 25.1. The molecule has 18 aromatic rings. The van der Waals surface area contributed by atoms with E-state index >= 15 is 0 Å². The quantitative estimate of drug-likeness (QED) is 0.122. The van der Waals surface area contributed by atoms with Crippen LogP contribution in [0.25, 0.3) is 143 Å². The molecule has 0 saturated heterocycles. The molecule has 0 radical (unpaired) electrons. The molecule has 0 fully saturated rings. The summed E-state index contributed by atoms with van der Waals surface area (Å²) in [6.07, 6.45) is 4.25. The Kier molecular flexibility index (Phi) is 11.6. The van der Waals surface area contributed by atoms with Gasteiger partial charge in [-0.05, 0) is 102 Å². The zero-order valence-electron chi connectivity index (χ0n) is 51.3. The van der Waals surface area contributed by atoms with Gasteiger partial charge in [0.15, 0.2) is 11.2 Å². The van der Waals surface area contributed by atoms with E-state index in [-0.39, 0.29) is 5.92 Å². The number of para-hydroxylation sites is 7. The molecule has 6 heterocycles. The average Bonchev–Trinajstić information content (AvgIpc) is 1.50. The van der Waals surface area contributed by atoms with Gasteiger partial charge in [0.05, 0.1) is 44.5 Å². The molecule has 0 unspecified atom stereocenters. The van der Waals surface area contributed by atoms with Crippen LogP contribution in [0.15, 0.2) is 270 Å². The van der Waals surface area contributed by atoms with Gasteiger partial charge < -0.3 is 27.4 Å². The van der Waals surface area contributed by atoms with Gasteiger partial charge in [0, 0.05) is 98.7 Å². The summed E-state index contributed by atoms with van der Waals surface area (Å²) in [5.41, 5.74) is 23.6. The van der Waals surface area contributed by atoms with Gasteiger partial charge in [0.1, 0.15) is 11.3 Å². The first-order chi connectivity index (χ1) is 44.7. The summed E-state index contributed by atoms with van der Waals surface area (Å²) in [7, 11) is 0.